The molecule has 1 amide bonds. The van der Waals surface area contributed by atoms with E-state index in [1.807, 2.05) is 6.07 Å². The van der Waals surface area contributed by atoms with Crippen LogP contribution in [0.4, 0.5) is 0 Å². The highest BCUT2D eigenvalue weighted by Crippen LogP contribution is 2.23. The van der Waals surface area contributed by atoms with Crippen LogP contribution in [0, 0.1) is 0 Å². The van der Waals surface area contributed by atoms with Crippen LogP contribution in [0.2, 0.25) is 0 Å². The van der Waals surface area contributed by atoms with E-state index in [-0.39, 0.29) is 25.3 Å². The molecule has 0 saturated carbocycles. The molecule has 8 nitrogen and oxygen atoms in total. The van der Waals surface area contributed by atoms with E-state index < -0.39 is 11.4 Å². The molecule has 0 aliphatic heterocycles. The van der Waals surface area contributed by atoms with E-state index in [2.05, 4.69) is 15.5 Å². The summed E-state index contributed by atoms with van der Waals surface area (Å²) < 4.78 is 10.3. The van der Waals surface area contributed by atoms with Gasteiger partial charge in [0.2, 0.25) is 17.6 Å². The van der Waals surface area contributed by atoms with Crippen LogP contribution < -0.4 is 5.32 Å². The van der Waals surface area contributed by atoms with Gasteiger partial charge in [-0.15, -0.1) is 0 Å². The maximum atomic E-state index is 12.1. The average Bonchev–Trinajstić information content (AvgIpc) is 3.36. The number of benzene rings is 1. The SMILES string of the molecule is CC(CNC(=O)CCc1nc(-c2ccco2)no1)(C(=O)O)c1ccccc1. The minimum absolute atomic E-state index is 0.0212. The number of rotatable bonds is 8. The van der Waals surface area contributed by atoms with Crippen molar-refractivity contribution in [2.24, 2.45) is 0 Å². The van der Waals surface area contributed by atoms with Gasteiger partial charge in [0.15, 0.2) is 5.76 Å². The highest BCUT2D eigenvalue weighted by molar-refractivity contribution is 5.83. The van der Waals surface area contributed by atoms with Crippen molar-refractivity contribution in [3.8, 4) is 11.6 Å². The maximum absolute atomic E-state index is 12.1. The molecule has 140 valence electrons. The van der Waals surface area contributed by atoms with E-state index in [4.69, 9.17) is 8.94 Å². The Bertz CT molecular complexity index is 905. The van der Waals surface area contributed by atoms with Gasteiger partial charge in [-0.3, -0.25) is 9.59 Å². The first-order chi connectivity index (χ1) is 13.0. The Labute approximate surface area is 155 Å². The summed E-state index contributed by atoms with van der Waals surface area (Å²) in [6.45, 7) is 1.56. The van der Waals surface area contributed by atoms with Gasteiger partial charge in [-0.25, -0.2) is 0 Å². The number of nitrogens with zero attached hydrogens (tertiary/aromatic N) is 2. The predicted octanol–water partition coefficient (Wildman–Crippen LogP) is 2.42. The highest BCUT2D eigenvalue weighted by Gasteiger charge is 2.35. The molecule has 1 aromatic carbocycles. The van der Waals surface area contributed by atoms with Gasteiger partial charge in [0, 0.05) is 19.4 Å². The third-order valence-electron chi connectivity index (χ3n) is 4.30. The fourth-order valence-electron chi connectivity index (χ4n) is 2.55. The second kappa shape index (κ2) is 7.86. The predicted molar refractivity (Wildman–Crippen MR) is 94.8 cm³/mol. The van der Waals surface area contributed by atoms with E-state index in [9.17, 15) is 14.7 Å². The monoisotopic (exact) mass is 369 g/mol. The molecule has 0 spiro atoms. The van der Waals surface area contributed by atoms with Crippen LogP contribution >= 0.6 is 0 Å². The molecule has 3 rings (SSSR count). The number of carboxylic acid groups (broad SMARTS) is 1. The Morgan fingerprint density at radius 2 is 1.96 bits per heavy atom. The molecule has 8 heteroatoms. The molecule has 2 N–H and O–H groups in total. The summed E-state index contributed by atoms with van der Waals surface area (Å²) in [6.07, 6.45) is 1.85. The van der Waals surface area contributed by atoms with Crippen molar-refractivity contribution in [3.05, 3.63) is 60.2 Å². The third-order valence-corrected chi connectivity index (χ3v) is 4.30. The summed E-state index contributed by atoms with van der Waals surface area (Å²) in [5.74, 6) is -0.196. The average molecular weight is 369 g/mol. The molecule has 0 saturated heterocycles. The number of hydrogen-bond donors (Lipinski definition) is 2. The number of aryl methyl sites for hydroxylation is 1. The van der Waals surface area contributed by atoms with Gasteiger partial charge in [-0.1, -0.05) is 35.5 Å². The quantitative estimate of drug-likeness (QED) is 0.626. The van der Waals surface area contributed by atoms with Crippen LogP contribution in [0.15, 0.2) is 57.7 Å². The molecule has 2 heterocycles. The minimum Gasteiger partial charge on any atom is -0.481 e. The van der Waals surface area contributed by atoms with Gasteiger partial charge < -0.3 is 19.4 Å². The molecule has 3 aromatic rings. The number of carbonyl (C=O) groups excluding carboxylic acids is 1. The fourth-order valence-corrected chi connectivity index (χ4v) is 2.55. The van der Waals surface area contributed by atoms with Crippen molar-refractivity contribution in [1.29, 1.82) is 0 Å². The number of hydrogen-bond acceptors (Lipinski definition) is 6. The second-order valence-electron chi connectivity index (χ2n) is 6.27. The number of aliphatic carboxylic acids is 1. The molecule has 0 aliphatic carbocycles. The summed E-state index contributed by atoms with van der Waals surface area (Å²) in [4.78, 5) is 28.0. The Hall–Kier alpha value is -3.42. The summed E-state index contributed by atoms with van der Waals surface area (Å²) in [5.41, 5.74) is -0.591. The van der Waals surface area contributed by atoms with Crippen LogP contribution in [0.25, 0.3) is 11.6 Å². The summed E-state index contributed by atoms with van der Waals surface area (Å²) >= 11 is 0. The molecule has 0 aliphatic rings. The lowest BCUT2D eigenvalue weighted by atomic mass is 9.82. The van der Waals surface area contributed by atoms with Gasteiger partial charge in [0.05, 0.1) is 6.26 Å². The van der Waals surface area contributed by atoms with Crippen molar-refractivity contribution in [3.63, 3.8) is 0 Å². The Morgan fingerprint density at radius 3 is 2.63 bits per heavy atom. The largest absolute Gasteiger partial charge is 0.481 e. The summed E-state index contributed by atoms with van der Waals surface area (Å²) in [5, 5.41) is 16.1. The van der Waals surface area contributed by atoms with Crippen molar-refractivity contribution in [1.82, 2.24) is 15.5 Å². The van der Waals surface area contributed by atoms with Crippen LogP contribution in [-0.2, 0) is 21.4 Å². The summed E-state index contributed by atoms with van der Waals surface area (Å²) in [7, 11) is 0. The molecule has 0 radical (unpaired) electrons. The van der Waals surface area contributed by atoms with Gasteiger partial charge in [-0.05, 0) is 24.6 Å². The van der Waals surface area contributed by atoms with Gasteiger partial charge in [-0.2, -0.15) is 4.98 Å². The molecule has 0 fully saturated rings. The molecule has 1 atom stereocenters. The van der Waals surface area contributed by atoms with Crippen molar-refractivity contribution in [2.75, 3.05) is 6.54 Å². The first-order valence-corrected chi connectivity index (χ1v) is 8.41. The Morgan fingerprint density at radius 1 is 1.19 bits per heavy atom. The van der Waals surface area contributed by atoms with E-state index in [1.54, 1.807) is 43.3 Å². The number of furan rings is 1. The zero-order chi connectivity index (χ0) is 19.3. The molecular formula is C19H19N3O5. The van der Waals surface area contributed by atoms with Crippen molar-refractivity contribution in [2.45, 2.75) is 25.2 Å². The van der Waals surface area contributed by atoms with Crippen LogP contribution in [0.3, 0.4) is 0 Å². The highest BCUT2D eigenvalue weighted by atomic mass is 16.5. The standard InChI is InChI=1S/C19H19N3O5/c1-19(18(24)25,13-6-3-2-4-7-13)12-20-15(23)9-10-16-21-17(22-27-16)14-8-5-11-26-14/h2-8,11H,9-10,12H2,1H3,(H,20,23)(H,24,25). The lowest BCUT2D eigenvalue weighted by molar-refractivity contribution is -0.143. The summed E-state index contributed by atoms with van der Waals surface area (Å²) in [6, 6.07) is 12.2. The molecular weight excluding hydrogens is 350 g/mol. The smallest absolute Gasteiger partial charge is 0.315 e. The number of carboxylic acids is 1. The first kappa shape index (κ1) is 18.4. The van der Waals surface area contributed by atoms with E-state index in [0.29, 0.717) is 23.0 Å². The first-order valence-electron chi connectivity index (χ1n) is 8.41. The molecule has 2 aromatic heterocycles. The normalized spacial score (nSPS) is 13.1. The van der Waals surface area contributed by atoms with Gasteiger partial charge in [0.1, 0.15) is 5.41 Å². The van der Waals surface area contributed by atoms with Crippen LogP contribution in [-0.4, -0.2) is 33.7 Å². The molecule has 27 heavy (non-hydrogen) atoms. The Kier molecular flexibility index (Phi) is 5.35. The number of nitrogens with one attached hydrogen (secondary N) is 1. The number of aromatic nitrogens is 2. The van der Waals surface area contributed by atoms with E-state index in [1.165, 1.54) is 6.26 Å². The van der Waals surface area contributed by atoms with E-state index >= 15 is 0 Å². The maximum Gasteiger partial charge on any atom is 0.315 e. The Balaban J connectivity index is 1.55. The van der Waals surface area contributed by atoms with Crippen LogP contribution in [0.1, 0.15) is 24.8 Å². The zero-order valence-corrected chi connectivity index (χ0v) is 14.7. The van der Waals surface area contributed by atoms with Gasteiger partial charge >= 0.3 is 5.97 Å². The number of carbonyl (C=O) groups is 2. The second-order valence-corrected chi connectivity index (χ2v) is 6.27. The topological polar surface area (TPSA) is 118 Å². The molecule has 0 bridgehead atoms. The van der Waals surface area contributed by atoms with Gasteiger partial charge in [0.25, 0.3) is 0 Å². The lowest BCUT2D eigenvalue weighted by Crippen LogP contribution is -2.44. The van der Waals surface area contributed by atoms with Crippen molar-refractivity contribution >= 4 is 11.9 Å². The molecule has 1 unspecified atom stereocenters. The minimum atomic E-state index is -1.21. The fraction of sp³-hybridized carbons (Fsp3) is 0.263. The zero-order valence-electron chi connectivity index (χ0n) is 14.7. The lowest BCUT2D eigenvalue weighted by Gasteiger charge is -2.25. The number of amides is 1. The van der Waals surface area contributed by atoms with E-state index in [0.717, 1.165) is 0 Å². The van der Waals surface area contributed by atoms with Crippen molar-refractivity contribution < 1.29 is 23.6 Å². The van der Waals surface area contributed by atoms with Crippen LogP contribution in [0.5, 0.6) is 0 Å². The third kappa shape index (κ3) is 4.22.